The van der Waals surface area contributed by atoms with Crippen LogP contribution in [0.25, 0.3) is 5.69 Å². The van der Waals surface area contributed by atoms with E-state index in [9.17, 15) is 19.7 Å². The van der Waals surface area contributed by atoms with Crippen molar-refractivity contribution in [1.29, 1.82) is 0 Å². The minimum absolute atomic E-state index is 0.0295. The highest BCUT2D eigenvalue weighted by molar-refractivity contribution is 6.30. The normalized spacial score (nSPS) is 10.4. The highest BCUT2D eigenvalue weighted by Crippen LogP contribution is 2.25. The van der Waals surface area contributed by atoms with Crippen LogP contribution in [-0.2, 0) is 0 Å². The first kappa shape index (κ1) is 14.7. The minimum Gasteiger partial charge on any atom is -0.476 e. The van der Waals surface area contributed by atoms with Gasteiger partial charge >= 0.3 is 5.97 Å². The molecule has 2 aromatic rings. The first-order valence-corrected chi connectivity index (χ1v) is 5.97. The van der Waals surface area contributed by atoms with Crippen molar-refractivity contribution in [2.24, 2.45) is 0 Å². The molecule has 1 aromatic heterocycles. The molecule has 0 amide bonds. The maximum atomic E-state index is 11.7. The molecule has 0 saturated carbocycles. The lowest BCUT2D eigenvalue weighted by Gasteiger charge is -2.08. The second-order valence-corrected chi connectivity index (χ2v) is 4.57. The fourth-order valence-electron chi connectivity index (χ4n) is 1.71. The van der Waals surface area contributed by atoms with Crippen molar-refractivity contribution >= 4 is 23.3 Å². The van der Waals surface area contributed by atoms with E-state index in [4.69, 9.17) is 16.7 Å². The summed E-state index contributed by atoms with van der Waals surface area (Å²) in [6, 6.07) is 3.77. The zero-order valence-electron chi connectivity index (χ0n) is 10.6. The Morgan fingerprint density at radius 3 is 2.71 bits per heavy atom. The quantitative estimate of drug-likeness (QED) is 0.682. The number of nitro groups is 1. The average Bonchev–Trinajstić information content (AvgIpc) is 2.40. The number of aromatic nitrogens is 2. The fourth-order valence-corrected chi connectivity index (χ4v) is 1.87. The molecule has 0 unspecified atom stereocenters. The lowest BCUT2D eigenvalue weighted by molar-refractivity contribution is -0.384. The summed E-state index contributed by atoms with van der Waals surface area (Å²) in [7, 11) is 0. The van der Waals surface area contributed by atoms with E-state index in [0.717, 1.165) is 4.68 Å². The summed E-state index contributed by atoms with van der Waals surface area (Å²) < 4.78 is 0.962. The zero-order valence-corrected chi connectivity index (χ0v) is 11.4. The lowest BCUT2D eigenvalue weighted by atomic mass is 10.2. The van der Waals surface area contributed by atoms with Crippen molar-refractivity contribution in [3.05, 3.63) is 61.0 Å². The fraction of sp³-hybridized carbons (Fsp3) is 0.0833. The molecule has 8 nitrogen and oxygen atoms in total. The molecule has 108 valence electrons. The molecule has 0 saturated heterocycles. The van der Waals surface area contributed by atoms with E-state index in [2.05, 4.69) is 5.10 Å². The van der Waals surface area contributed by atoms with Crippen LogP contribution in [-0.4, -0.2) is 25.8 Å². The Hall–Kier alpha value is -2.74. The summed E-state index contributed by atoms with van der Waals surface area (Å²) in [5.74, 6) is -1.51. The minimum atomic E-state index is -1.51. The van der Waals surface area contributed by atoms with E-state index >= 15 is 0 Å². The summed E-state index contributed by atoms with van der Waals surface area (Å²) >= 11 is 5.80. The molecule has 1 N–H and O–H groups in total. The van der Waals surface area contributed by atoms with Crippen molar-refractivity contribution in [3.8, 4) is 5.69 Å². The average molecular weight is 310 g/mol. The molecule has 21 heavy (non-hydrogen) atoms. The summed E-state index contributed by atoms with van der Waals surface area (Å²) in [5, 5.41) is 23.8. The SMILES string of the molecule is Cc1cn(-c2cc(Cl)ccc2[N+](=O)[O-])nc(C(=O)O)c1=O. The van der Waals surface area contributed by atoms with Gasteiger partial charge in [0.1, 0.15) is 5.69 Å². The number of carbonyl (C=O) groups is 1. The van der Waals surface area contributed by atoms with Crippen LogP contribution >= 0.6 is 11.6 Å². The van der Waals surface area contributed by atoms with Crippen LogP contribution in [0.2, 0.25) is 5.02 Å². The predicted molar refractivity (Wildman–Crippen MR) is 73.2 cm³/mol. The number of aromatic carboxylic acids is 1. The second kappa shape index (κ2) is 5.33. The monoisotopic (exact) mass is 309 g/mol. The first-order chi connectivity index (χ1) is 9.81. The topological polar surface area (TPSA) is 115 Å². The predicted octanol–water partition coefficient (Wildman–Crippen LogP) is 1.80. The van der Waals surface area contributed by atoms with Crippen molar-refractivity contribution in [1.82, 2.24) is 9.78 Å². The molecule has 0 fully saturated rings. The van der Waals surface area contributed by atoms with Gasteiger partial charge in [0, 0.05) is 22.8 Å². The van der Waals surface area contributed by atoms with Gasteiger partial charge < -0.3 is 5.11 Å². The third-order valence-electron chi connectivity index (χ3n) is 2.68. The summed E-state index contributed by atoms with van der Waals surface area (Å²) in [6.45, 7) is 1.39. The van der Waals surface area contributed by atoms with E-state index < -0.39 is 22.0 Å². The Morgan fingerprint density at radius 2 is 2.14 bits per heavy atom. The largest absolute Gasteiger partial charge is 0.476 e. The van der Waals surface area contributed by atoms with E-state index in [1.165, 1.54) is 31.3 Å². The lowest BCUT2D eigenvalue weighted by Crippen LogP contribution is -2.23. The Morgan fingerprint density at radius 1 is 1.48 bits per heavy atom. The number of nitrogens with zero attached hydrogens (tertiary/aromatic N) is 3. The number of rotatable bonds is 3. The summed E-state index contributed by atoms with van der Waals surface area (Å²) in [4.78, 5) is 33.0. The number of aryl methyl sites for hydroxylation is 1. The molecule has 9 heteroatoms. The van der Waals surface area contributed by atoms with Crippen LogP contribution < -0.4 is 5.43 Å². The third kappa shape index (κ3) is 2.75. The van der Waals surface area contributed by atoms with Crippen molar-refractivity contribution in [2.75, 3.05) is 0 Å². The Kier molecular flexibility index (Phi) is 3.72. The van der Waals surface area contributed by atoms with E-state index in [1.807, 2.05) is 0 Å². The van der Waals surface area contributed by atoms with Gasteiger partial charge in [-0.2, -0.15) is 5.10 Å². The number of carboxylic acids is 1. The number of carboxylic acid groups (broad SMARTS) is 1. The van der Waals surface area contributed by atoms with Crippen molar-refractivity contribution in [3.63, 3.8) is 0 Å². The summed E-state index contributed by atoms with van der Waals surface area (Å²) in [5.41, 5.74) is -1.71. The van der Waals surface area contributed by atoms with Crippen molar-refractivity contribution in [2.45, 2.75) is 6.92 Å². The van der Waals surface area contributed by atoms with Crippen LogP contribution in [0.4, 0.5) is 5.69 Å². The highest BCUT2D eigenvalue weighted by atomic mass is 35.5. The number of hydrogen-bond acceptors (Lipinski definition) is 5. The zero-order chi connectivity index (χ0) is 15.7. The Balaban J connectivity index is 2.79. The number of hydrogen-bond donors (Lipinski definition) is 1. The Bertz CT molecular complexity index is 815. The smallest absolute Gasteiger partial charge is 0.360 e. The molecule has 0 atom stereocenters. The maximum Gasteiger partial charge on any atom is 0.360 e. The third-order valence-corrected chi connectivity index (χ3v) is 2.92. The van der Waals surface area contributed by atoms with Gasteiger partial charge in [0.2, 0.25) is 11.1 Å². The van der Waals surface area contributed by atoms with E-state index in [0.29, 0.717) is 0 Å². The van der Waals surface area contributed by atoms with Crippen LogP contribution in [0.1, 0.15) is 16.1 Å². The van der Waals surface area contributed by atoms with Gasteiger partial charge in [-0.05, 0) is 19.1 Å². The standard InChI is InChI=1S/C12H8ClN3O5/c1-6-5-15(14-10(11(6)17)12(18)19)9-4-7(13)2-3-8(9)16(20)21/h2-5H,1H3,(H,18,19). The number of benzene rings is 1. The molecule has 2 rings (SSSR count). The first-order valence-electron chi connectivity index (χ1n) is 5.59. The highest BCUT2D eigenvalue weighted by Gasteiger charge is 2.20. The van der Waals surface area contributed by atoms with Gasteiger partial charge in [0.25, 0.3) is 5.69 Å². The van der Waals surface area contributed by atoms with Crippen molar-refractivity contribution < 1.29 is 14.8 Å². The second-order valence-electron chi connectivity index (χ2n) is 4.13. The number of nitro benzene ring substituents is 1. The van der Waals surface area contributed by atoms with Gasteiger partial charge in [-0.1, -0.05) is 11.6 Å². The molecular formula is C12H8ClN3O5. The molecule has 1 aromatic carbocycles. The molecule has 0 aliphatic heterocycles. The molecule has 0 radical (unpaired) electrons. The molecule has 0 aliphatic carbocycles. The molecule has 0 bridgehead atoms. The van der Waals surface area contributed by atoms with Crippen LogP contribution in [0.5, 0.6) is 0 Å². The van der Waals surface area contributed by atoms with Gasteiger partial charge in [-0.25, -0.2) is 9.48 Å². The van der Waals surface area contributed by atoms with Gasteiger partial charge in [-0.15, -0.1) is 0 Å². The molecular weight excluding hydrogens is 302 g/mol. The molecule has 0 aliphatic rings. The van der Waals surface area contributed by atoms with Crippen LogP contribution in [0.15, 0.2) is 29.2 Å². The maximum absolute atomic E-state index is 11.7. The van der Waals surface area contributed by atoms with Crippen LogP contribution in [0.3, 0.4) is 0 Å². The summed E-state index contributed by atoms with van der Waals surface area (Å²) in [6.07, 6.45) is 1.22. The van der Waals surface area contributed by atoms with Crippen LogP contribution in [0, 0.1) is 17.0 Å². The molecule has 0 spiro atoms. The van der Waals surface area contributed by atoms with E-state index in [-0.39, 0.29) is 22.0 Å². The van der Waals surface area contributed by atoms with E-state index in [1.54, 1.807) is 0 Å². The number of halogens is 1. The molecule has 1 heterocycles. The Labute approximate surface area is 122 Å². The van der Waals surface area contributed by atoms with Gasteiger partial charge in [-0.3, -0.25) is 14.9 Å². The van der Waals surface area contributed by atoms with Gasteiger partial charge in [0.05, 0.1) is 4.92 Å². The van der Waals surface area contributed by atoms with Gasteiger partial charge in [0.15, 0.2) is 0 Å².